The van der Waals surface area contributed by atoms with E-state index in [1.807, 2.05) is 6.92 Å². The van der Waals surface area contributed by atoms with Gasteiger partial charge in [0, 0.05) is 25.6 Å². The fraction of sp³-hybridized carbons (Fsp3) is 0.538. The molecule has 0 aliphatic rings. The molecule has 0 aliphatic heterocycles. The van der Waals surface area contributed by atoms with E-state index in [9.17, 15) is 14.4 Å². The lowest BCUT2D eigenvalue weighted by Gasteiger charge is -2.06. The van der Waals surface area contributed by atoms with Crippen LogP contribution < -0.4 is 10.9 Å². The van der Waals surface area contributed by atoms with Crippen molar-refractivity contribution in [3.63, 3.8) is 0 Å². The minimum Gasteiger partial charge on any atom is -0.481 e. The first-order valence-electron chi connectivity index (χ1n) is 6.62. The van der Waals surface area contributed by atoms with Gasteiger partial charge in [-0.2, -0.15) is 5.10 Å². The molecule has 0 spiro atoms. The zero-order chi connectivity index (χ0) is 15.0. The number of amides is 1. The van der Waals surface area contributed by atoms with Gasteiger partial charge in [0.25, 0.3) is 11.5 Å². The summed E-state index contributed by atoms with van der Waals surface area (Å²) in [6.07, 6.45) is 1.95. The zero-order valence-corrected chi connectivity index (χ0v) is 11.5. The summed E-state index contributed by atoms with van der Waals surface area (Å²) in [5.41, 5.74) is -0.0406. The number of unbranched alkanes of at least 4 members (excludes halogenated alkanes) is 1. The molecule has 1 heterocycles. The van der Waals surface area contributed by atoms with Crippen molar-refractivity contribution < 1.29 is 14.7 Å². The number of nitrogens with zero attached hydrogens (tertiary/aromatic N) is 2. The number of carboxylic acid groups (broad SMARTS) is 1. The van der Waals surface area contributed by atoms with Gasteiger partial charge in [0.05, 0.1) is 0 Å². The van der Waals surface area contributed by atoms with Gasteiger partial charge >= 0.3 is 5.97 Å². The van der Waals surface area contributed by atoms with Gasteiger partial charge in [0.2, 0.25) is 0 Å². The van der Waals surface area contributed by atoms with Crippen molar-refractivity contribution in [3.8, 4) is 0 Å². The average molecular weight is 281 g/mol. The molecule has 7 heteroatoms. The quantitative estimate of drug-likeness (QED) is 0.681. The van der Waals surface area contributed by atoms with Crippen LogP contribution in [0.2, 0.25) is 0 Å². The number of hydrogen-bond donors (Lipinski definition) is 2. The molecule has 1 aromatic heterocycles. The second-order valence-electron chi connectivity index (χ2n) is 4.39. The van der Waals surface area contributed by atoms with Gasteiger partial charge in [-0.15, -0.1) is 0 Å². The topological polar surface area (TPSA) is 101 Å². The molecule has 1 rings (SSSR count). The van der Waals surface area contributed by atoms with Gasteiger partial charge < -0.3 is 10.4 Å². The highest BCUT2D eigenvalue weighted by molar-refractivity contribution is 5.91. The van der Waals surface area contributed by atoms with Crippen LogP contribution in [0.1, 0.15) is 43.1 Å². The summed E-state index contributed by atoms with van der Waals surface area (Å²) in [4.78, 5) is 33.6. The van der Waals surface area contributed by atoms with E-state index in [1.54, 1.807) is 0 Å². The molecule has 0 fully saturated rings. The van der Waals surface area contributed by atoms with E-state index in [0.717, 1.165) is 6.42 Å². The minimum atomic E-state index is -0.843. The maximum atomic E-state index is 11.8. The number of rotatable bonds is 8. The van der Waals surface area contributed by atoms with Crippen molar-refractivity contribution in [1.29, 1.82) is 0 Å². The Morgan fingerprint density at radius 2 is 2.10 bits per heavy atom. The summed E-state index contributed by atoms with van der Waals surface area (Å²) in [5, 5.41) is 15.1. The normalized spacial score (nSPS) is 10.2. The fourth-order valence-corrected chi connectivity index (χ4v) is 1.64. The summed E-state index contributed by atoms with van der Waals surface area (Å²) >= 11 is 0. The monoisotopic (exact) mass is 281 g/mol. The first kappa shape index (κ1) is 15.9. The van der Waals surface area contributed by atoms with Gasteiger partial charge in [-0.1, -0.05) is 6.92 Å². The highest BCUT2D eigenvalue weighted by atomic mass is 16.4. The second-order valence-corrected chi connectivity index (χ2v) is 4.39. The molecule has 0 radical (unpaired) electrons. The van der Waals surface area contributed by atoms with E-state index in [2.05, 4.69) is 10.4 Å². The Labute approximate surface area is 116 Å². The standard InChI is InChI=1S/C13H19N3O4/c1-2-9-16-11(17)7-6-10(15-16)13(20)14-8-4-3-5-12(18)19/h6-7H,2-5,8-9H2,1H3,(H,14,20)(H,18,19). The van der Waals surface area contributed by atoms with Gasteiger partial charge in [0.15, 0.2) is 0 Å². The van der Waals surface area contributed by atoms with Crippen LogP contribution >= 0.6 is 0 Å². The van der Waals surface area contributed by atoms with Crippen LogP contribution in [-0.4, -0.2) is 33.3 Å². The lowest BCUT2D eigenvalue weighted by Crippen LogP contribution is -2.30. The van der Waals surface area contributed by atoms with Gasteiger partial charge in [0.1, 0.15) is 5.69 Å². The van der Waals surface area contributed by atoms with Crippen LogP contribution in [0.5, 0.6) is 0 Å². The van der Waals surface area contributed by atoms with Crippen LogP contribution in [0.15, 0.2) is 16.9 Å². The highest BCUT2D eigenvalue weighted by Gasteiger charge is 2.08. The van der Waals surface area contributed by atoms with Crippen LogP contribution in [-0.2, 0) is 11.3 Å². The molecule has 0 atom stereocenters. The third kappa shape index (κ3) is 5.21. The Hall–Kier alpha value is -2.18. The van der Waals surface area contributed by atoms with E-state index >= 15 is 0 Å². The summed E-state index contributed by atoms with van der Waals surface area (Å²) in [6.45, 7) is 2.78. The average Bonchev–Trinajstić information content (AvgIpc) is 2.40. The Bertz CT molecular complexity index is 525. The van der Waals surface area contributed by atoms with E-state index < -0.39 is 5.97 Å². The first-order valence-corrected chi connectivity index (χ1v) is 6.62. The predicted molar refractivity (Wildman–Crippen MR) is 72.6 cm³/mol. The Morgan fingerprint density at radius 1 is 1.35 bits per heavy atom. The molecular formula is C13H19N3O4. The third-order valence-corrected chi connectivity index (χ3v) is 2.64. The van der Waals surface area contributed by atoms with E-state index in [0.29, 0.717) is 25.9 Å². The van der Waals surface area contributed by atoms with Crippen molar-refractivity contribution >= 4 is 11.9 Å². The number of carbonyl (C=O) groups is 2. The van der Waals surface area contributed by atoms with Crippen LogP contribution in [0.4, 0.5) is 0 Å². The number of carboxylic acids is 1. The number of aromatic nitrogens is 2. The molecule has 0 saturated carbocycles. The van der Waals surface area contributed by atoms with Crippen LogP contribution in [0, 0.1) is 0 Å². The lowest BCUT2D eigenvalue weighted by atomic mass is 10.2. The van der Waals surface area contributed by atoms with Crippen molar-refractivity contribution in [2.45, 2.75) is 39.2 Å². The molecule has 0 unspecified atom stereocenters. The summed E-state index contributed by atoms with van der Waals surface area (Å²) in [6, 6.07) is 2.71. The van der Waals surface area contributed by atoms with Crippen molar-refractivity contribution in [2.24, 2.45) is 0 Å². The Balaban J connectivity index is 2.49. The molecule has 7 nitrogen and oxygen atoms in total. The summed E-state index contributed by atoms with van der Waals surface area (Å²) in [5.74, 6) is -1.20. The van der Waals surface area contributed by atoms with Crippen molar-refractivity contribution in [1.82, 2.24) is 15.1 Å². The number of hydrogen-bond acceptors (Lipinski definition) is 4. The highest BCUT2D eigenvalue weighted by Crippen LogP contribution is 1.96. The summed E-state index contributed by atoms with van der Waals surface area (Å²) < 4.78 is 1.26. The van der Waals surface area contributed by atoms with Gasteiger partial charge in [-0.3, -0.25) is 14.4 Å². The number of aryl methyl sites for hydroxylation is 1. The van der Waals surface area contributed by atoms with E-state index in [4.69, 9.17) is 5.11 Å². The molecule has 0 bridgehead atoms. The molecule has 20 heavy (non-hydrogen) atoms. The molecule has 0 aromatic carbocycles. The number of nitrogens with one attached hydrogen (secondary N) is 1. The van der Waals surface area contributed by atoms with Gasteiger partial charge in [-0.05, 0) is 25.3 Å². The predicted octanol–water partition coefficient (Wildman–Crippen LogP) is 0.638. The number of carbonyl (C=O) groups excluding carboxylic acids is 1. The maximum absolute atomic E-state index is 11.8. The second kappa shape index (κ2) is 8.08. The molecule has 0 saturated heterocycles. The molecular weight excluding hydrogens is 262 g/mol. The Kier molecular flexibility index (Phi) is 6.42. The van der Waals surface area contributed by atoms with E-state index in [-0.39, 0.29) is 23.6 Å². The minimum absolute atomic E-state index is 0.0928. The molecule has 2 N–H and O–H groups in total. The lowest BCUT2D eigenvalue weighted by molar-refractivity contribution is -0.137. The van der Waals surface area contributed by atoms with Gasteiger partial charge in [-0.25, -0.2) is 4.68 Å². The smallest absolute Gasteiger partial charge is 0.303 e. The van der Waals surface area contributed by atoms with Crippen LogP contribution in [0.25, 0.3) is 0 Å². The Morgan fingerprint density at radius 3 is 2.75 bits per heavy atom. The first-order chi connectivity index (χ1) is 9.54. The SMILES string of the molecule is CCCn1nc(C(=O)NCCCCC(=O)O)ccc1=O. The van der Waals surface area contributed by atoms with E-state index in [1.165, 1.54) is 16.8 Å². The maximum Gasteiger partial charge on any atom is 0.303 e. The molecule has 1 aromatic rings. The molecule has 1 amide bonds. The van der Waals surface area contributed by atoms with Crippen molar-refractivity contribution in [2.75, 3.05) is 6.54 Å². The van der Waals surface area contributed by atoms with Crippen molar-refractivity contribution in [3.05, 3.63) is 28.2 Å². The largest absolute Gasteiger partial charge is 0.481 e. The van der Waals surface area contributed by atoms with Crippen LogP contribution in [0.3, 0.4) is 0 Å². The third-order valence-electron chi connectivity index (χ3n) is 2.64. The number of aliphatic carboxylic acids is 1. The fourth-order valence-electron chi connectivity index (χ4n) is 1.64. The zero-order valence-electron chi connectivity index (χ0n) is 11.5. The molecule has 110 valence electrons. The molecule has 0 aliphatic carbocycles. The summed E-state index contributed by atoms with van der Waals surface area (Å²) in [7, 11) is 0.